The molecule has 0 bridgehead atoms. The van der Waals surface area contributed by atoms with Crippen LogP contribution in [0.25, 0.3) is 0 Å². The molecule has 0 amide bonds. The number of hydrogen-bond donors (Lipinski definition) is 1. The maximum Gasteiger partial charge on any atom is 0.389 e. The third-order valence-corrected chi connectivity index (χ3v) is 2.19. The average molecular weight is 247 g/mol. The summed E-state index contributed by atoms with van der Waals surface area (Å²) in [5, 5.41) is 0.252. The van der Waals surface area contributed by atoms with Crippen LogP contribution in [0.15, 0.2) is 0 Å². The van der Waals surface area contributed by atoms with Gasteiger partial charge in [-0.25, -0.2) is 4.98 Å². The number of aryl methyl sites for hydroxylation is 1. The molecule has 7 heteroatoms. The van der Waals surface area contributed by atoms with Gasteiger partial charge in [0, 0.05) is 12.8 Å². The number of alkyl halides is 3. The molecule has 0 aliphatic rings. The molecule has 1 N–H and O–H groups in total. The normalized spacial score (nSPS) is 12.1. The molecule has 14 heavy (non-hydrogen) atoms. The van der Waals surface area contributed by atoms with E-state index < -0.39 is 12.6 Å². The molecule has 0 saturated heterocycles. The molecule has 2 nitrogen and oxygen atoms in total. The quantitative estimate of drug-likeness (QED) is 0.868. The Labute approximate surface area is 88.4 Å². The van der Waals surface area contributed by atoms with Crippen LogP contribution in [0, 0.1) is 0 Å². The van der Waals surface area contributed by atoms with Gasteiger partial charge in [-0.3, -0.25) is 0 Å². The van der Waals surface area contributed by atoms with Gasteiger partial charge >= 0.3 is 6.18 Å². The van der Waals surface area contributed by atoms with E-state index in [0.29, 0.717) is 5.82 Å². The number of hydrogen-bond acceptors (Lipinski definition) is 1. The largest absolute Gasteiger partial charge is 0.389 e. The van der Waals surface area contributed by atoms with E-state index in [4.69, 9.17) is 23.2 Å². The Hall–Kier alpha value is -0.420. The van der Waals surface area contributed by atoms with E-state index in [0.717, 1.165) is 0 Å². The highest BCUT2D eigenvalue weighted by molar-refractivity contribution is 6.40. The topological polar surface area (TPSA) is 28.7 Å². The Balaban J connectivity index is 2.39. The first-order chi connectivity index (χ1) is 6.38. The Morgan fingerprint density at radius 2 is 1.93 bits per heavy atom. The van der Waals surface area contributed by atoms with Crippen LogP contribution >= 0.6 is 23.2 Å². The van der Waals surface area contributed by atoms with Crippen molar-refractivity contribution >= 4 is 23.2 Å². The van der Waals surface area contributed by atoms with E-state index in [9.17, 15) is 13.2 Å². The molecule has 1 heterocycles. The maximum atomic E-state index is 11.8. The monoisotopic (exact) mass is 246 g/mol. The molecule has 0 aliphatic carbocycles. The molecule has 0 aromatic carbocycles. The second-order valence-corrected chi connectivity index (χ2v) is 3.49. The van der Waals surface area contributed by atoms with Gasteiger partial charge < -0.3 is 4.98 Å². The molecule has 1 aromatic heterocycles. The number of aromatic nitrogens is 2. The molecule has 0 spiro atoms. The van der Waals surface area contributed by atoms with Gasteiger partial charge in [0.25, 0.3) is 0 Å². The van der Waals surface area contributed by atoms with Gasteiger partial charge in [-0.15, -0.1) is 0 Å². The molecule has 1 rings (SSSR count). The third-order valence-electron chi connectivity index (χ3n) is 1.54. The average Bonchev–Trinajstić information content (AvgIpc) is 2.28. The van der Waals surface area contributed by atoms with Crippen molar-refractivity contribution in [3.05, 3.63) is 16.1 Å². The lowest BCUT2D eigenvalue weighted by Crippen LogP contribution is -2.07. The van der Waals surface area contributed by atoms with Crippen LogP contribution in [0.3, 0.4) is 0 Å². The number of rotatable bonds is 3. The number of nitrogens with zero attached hydrogens (tertiary/aromatic N) is 1. The Kier molecular flexibility index (Phi) is 3.66. The van der Waals surface area contributed by atoms with Crippen molar-refractivity contribution in [2.75, 3.05) is 0 Å². The summed E-state index contributed by atoms with van der Waals surface area (Å²) in [6, 6.07) is 0. The molecule has 80 valence electrons. The van der Waals surface area contributed by atoms with Crippen LogP contribution < -0.4 is 0 Å². The summed E-state index contributed by atoms with van der Waals surface area (Å²) in [6.07, 6.45) is -4.79. The SMILES string of the molecule is FC(F)(F)CCCc1nc(Cl)c(Cl)[nH]1. The number of halogens is 5. The zero-order valence-electron chi connectivity index (χ0n) is 6.96. The molecule has 1 aromatic rings. The highest BCUT2D eigenvalue weighted by Gasteiger charge is 2.26. The molecule has 0 unspecified atom stereocenters. The van der Waals surface area contributed by atoms with Crippen molar-refractivity contribution in [1.82, 2.24) is 9.97 Å². The van der Waals surface area contributed by atoms with Crippen molar-refractivity contribution in [3.8, 4) is 0 Å². The third kappa shape index (κ3) is 3.75. The molecular formula is C7H7Cl2F3N2. The summed E-state index contributed by atoms with van der Waals surface area (Å²) in [5.41, 5.74) is 0. The predicted octanol–water partition coefficient (Wildman–Crippen LogP) is 3.60. The smallest absolute Gasteiger partial charge is 0.332 e. The first-order valence-corrected chi connectivity index (χ1v) is 4.61. The van der Waals surface area contributed by atoms with Crippen molar-refractivity contribution in [3.63, 3.8) is 0 Å². The zero-order chi connectivity index (χ0) is 10.8. The minimum Gasteiger partial charge on any atom is -0.332 e. The van der Waals surface area contributed by atoms with Crippen molar-refractivity contribution in [2.45, 2.75) is 25.4 Å². The maximum absolute atomic E-state index is 11.8. The fraction of sp³-hybridized carbons (Fsp3) is 0.571. The second kappa shape index (κ2) is 4.40. The number of imidazole rings is 1. The van der Waals surface area contributed by atoms with Crippen LogP contribution in [0.4, 0.5) is 13.2 Å². The molecule has 0 atom stereocenters. The van der Waals surface area contributed by atoms with Gasteiger partial charge in [-0.05, 0) is 6.42 Å². The van der Waals surface area contributed by atoms with Gasteiger partial charge in [-0.1, -0.05) is 23.2 Å². The molecule has 0 saturated carbocycles. The van der Waals surface area contributed by atoms with Gasteiger partial charge in [0.2, 0.25) is 0 Å². The molecule has 0 radical (unpaired) electrons. The van der Waals surface area contributed by atoms with Crippen LogP contribution in [-0.2, 0) is 6.42 Å². The fourth-order valence-corrected chi connectivity index (χ4v) is 1.25. The van der Waals surface area contributed by atoms with Gasteiger partial charge in [0.1, 0.15) is 11.0 Å². The lowest BCUT2D eigenvalue weighted by molar-refractivity contribution is -0.135. The molecule has 0 aliphatic heterocycles. The van der Waals surface area contributed by atoms with Crippen LogP contribution in [0.1, 0.15) is 18.7 Å². The van der Waals surface area contributed by atoms with E-state index in [-0.39, 0.29) is 23.1 Å². The second-order valence-electron chi connectivity index (χ2n) is 2.76. The van der Waals surface area contributed by atoms with E-state index in [1.807, 2.05) is 0 Å². The summed E-state index contributed by atoms with van der Waals surface area (Å²) < 4.78 is 35.3. The first-order valence-electron chi connectivity index (χ1n) is 3.85. The van der Waals surface area contributed by atoms with E-state index in [1.54, 1.807) is 0 Å². The van der Waals surface area contributed by atoms with E-state index >= 15 is 0 Å². The van der Waals surface area contributed by atoms with Crippen molar-refractivity contribution < 1.29 is 13.2 Å². The highest BCUT2D eigenvalue weighted by atomic mass is 35.5. The van der Waals surface area contributed by atoms with Crippen LogP contribution in [0.2, 0.25) is 10.3 Å². The number of aromatic amines is 1. The summed E-state index contributed by atoms with van der Waals surface area (Å²) in [5.74, 6) is 0.379. The van der Waals surface area contributed by atoms with E-state index in [2.05, 4.69) is 9.97 Å². The van der Waals surface area contributed by atoms with Gasteiger partial charge in [0.05, 0.1) is 0 Å². The van der Waals surface area contributed by atoms with E-state index in [1.165, 1.54) is 0 Å². The Morgan fingerprint density at radius 3 is 2.36 bits per heavy atom. The molecule has 0 fully saturated rings. The molecular weight excluding hydrogens is 240 g/mol. The summed E-state index contributed by atoms with van der Waals surface area (Å²) in [6.45, 7) is 0. The van der Waals surface area contributed by atoms with Crippen molar-refractivity contribution in [2.24, 2.45) is 0 Å². The number of H-pyrrole nitrogens is 1. The lowest BCUT2D eigenvalue weighted by atomic mass is 10.2. The minimum absolute atomic E-state index is 0.0241. The summed E-state index contributed by atoms with van der Waals surface area (Å²) in [7, 11) is 0. The predicted molar refractivity (Wildman–Crippen MR) is 47.6 cm³/mol. The lowest BCUT2D eigenvalue weighted by Gasteiger charge is -2.03. The van der Waals surface area contributed by atoms with Crippen LogP contribution in [0.5, 0.6) is 0 Å². The zero-order valence-corrected chi connectivity index (χ0v) is 8.47. The van der Waals surface area contributed by atoms with Crippen LogP contribution in [-0.4, -0.2) is 16.1 Å². The Bertz CT molecular complexity index is 289. The summed E-state index contributed by atoms with van der Waals surface area (Å²) >= 11 is 11.0. The first kappa shape index (κ1) is 11.7. The summed E-state index contributed by atoms with van der Waals surface area (Å²) in [4.78, 5) is 6.33. The van der Waals surface area contributed by atoms with Crippen molar-refractivity contribution in [1.29, 1.82) is 0 Å². The highest BCUT2D eigenvalue weighted by Crippen LogP contribution is 2.23. The fourth-order valence-electron chi connectivity index (χ4n) is 0.948. The van der Waals surface area contributed by atoms with Gasteiger partial charge in [-0.2, -0.15) is 13.2 Å². The van der Waals surface area contributed by atoms with Gasteiger partial charge in [0.15, 0.2) is 5.15 Å². The Morgan fingerprint density at radius 1 is 1.29 bits per heavy atom. The standard InChI is InChI=1S/C7H7Cl2F3N2/c8-5-6(9)14-4(13-5)2-1-3-7(10,11)12/h1-3H2,(H,13,14). The minimum atomic E-state index is -4.12. The number of nitrogens with one attached hydrogen (secondary N) is 1.